The molecular weight excluding hydrogens is 287 g/mol. The maximum absolute atomic E-state index is 13.1. The van der Waals surface area contributed by atoms with Gasteiger partial charge in [-0.15, -0.1) is 11.3 Å². The summed E-state index contributed by atoms with van der Waals surface area (Å²) in [5.74, 6) is -0.272. The van der Waals surface area contributed by atoms with Crippen molar-refractivity contribution in [2.24, 2.45) is 0 Å². The number of nitrogens with zero attached hydrogens (tertiary/aromatic N) is 2. The van der Waals surface area contributed by atoms with E-state index in [0.29, 0.717) is 6.42 Å². The van der Waals surface area contributed by atoms with Crippen molar-refractivity contribution < 1.29 is 9.50 Å². The summed E-state index contributed by atoms with van der Waals surface area (Å²) in [6.07, 6.45) is 5.75. The van der Waals surface area contributed by atoms with E-state index in [9.17, 15) is 9.50 Å². The van der Waals surface area contributed by atoms with E-state index in [4.69, 9.17) is 0 Å². The number of aliphatic hydroxyl groups excluding tert-OH is 1. The van der Waals surface area contributed by atoms with E-state index in [1.165, 1.54) is 23.5 Å². The van der Waals surface area contributed by atoms with Gasteiger partial charge in [-0.2, -0.15) is 0 Å². The van der Waals surface area contributed by atoms with Crippen LogP contribution in [0.1, 0.15) is 5.56 Å². The first-order chi connectivity index (χ1) is 10.3. The molecule has 0 amide bonds. The van der Waals surface area contributed by atoms with E-state index in [0.717, 1.165) is 27.3 Å². The SMILES string of the molecule is OCCc1c(-c2ccc(F)cc2)cncc1-c1nccs1. The molecule has 0 aliphatic rings. The summed E-state index contributed by atoms with van der Waals surface area (Å²) in [6, 6.07) is 6.29. The van der Waals surface area contributed by atoms with Crippen LogP contribution in [0.5, 0.6) is 0 Å². The molecule has 3 aromatic rings. The number of halogens is 1. The van der Waals surface area contributed by atoms with Crippen molar-refractivity contribution in [3.8, 4) is 21.7 Å². The van der Waals surface area contributed by atoms with Gasteiger partial charge in [-0.05, 0) is 29.7 Å². The van der Waals surface area contributed by atoms with Gasteiger partial charge in [-0.1, -0.05) is 12.1 Å². The average molecular weight is 300 g/mol. The molecule has 0 radical (unpaired) electrons. The molecule has 0 bridgehead atoms. The number of aromatic nitrogens is 2. The van der Waals surface area contributed by atoms with Gasteiger partial charge >= 0.3 is 0 Å². The first-order valence-electron chi connectivity index (χ1n) is 6.53. The quantitative estimate of drug-likeness (QED) is 0.801. The van der Waals surface area contributed by atoms with Crippen molar-refractivity contribution in [1.29, 1.82) is 0 Å². The summed E-state index contributed by atoms with van der Waals surface area (Å²) in [4.78, 5) is 8.59. The average Bonchev–Trinajstić information content (AvgIpc) is 3.03. The van der Waals surface area contributed by atoms with E-state index in [1.807, 2.05) is 5.38 Å². The molecule has 21 heavy (non-hydrogen) atoms. The summed E-state index contributed by atoms with van der Waals surface area (Å²) < 4.78 is 13.1. The van der Waals surface area contributed by atoms with Gasteiger partial charge in [0.1, 0.15) is 10.8 Å². The highest BCUT2D eigenvalue weighted by atomic mass is 32.1. The first kappa shape index (κ1) is 13.9. The molecule has 1 N–H and O–H groups in total. The van der Waals surface area contributed by atoms with Gasteiger partial charge < -0.3 is 5.11 Å². The number of hydrogen-bond donors (Lipinski definition) is 1. The van der Waals surface area contributed by atoms with Gasteiger partial charge in [0.05, 0.1) is 0 Å². The molecule has 1 aromatic carbocycles. The minimum atomic E-state index is -0.272. The van der Waals surface area contributed by atoms with E-state index in [2.05, 4.69) is 9.97 Å². The van der Waals surface area contributed by atoms with Crippen LogP contribution < -0.4 is 0 Å². The molecule has 106 valence electrons. The fourth-order valence-corrected chi connectivity index (χ4v) is 2.96. The minimum Gasteiger partial charge on any atom is -0.396 e. The Labute approximate surface area is 125 Å². The molecule has 0 spiro atoms. The summed E-state index contributed by atoms with van der Waals surface area (Å²) in [7, 11) is 0. The summed E-state index contributed by atoms with van der Waals surface area (Å²) in [6.45, 7) is 0.0383. The highest BCUT2D eigenvalue weighted by Gasteiger charge is 2.13. The third-order valence-electron chi connectivity index (χ3n) is 3.24. The normalized spacial score (nSPS) is 10.8. The second-order valence-corrected chi connectivity index (χ2v) is 5.43. The predicted octanol–water partition coefficient (Wildman–Crippen LogP) is 3.55. The van der Waals surface area contributed by atoms with Crippen LogP contribution in [-0.2, 0) is 6.42 Å². The molecule has 2 heterocycles. The van der Waals surface area contributed by atoms with Crippen molar-refractivity contribution >= 4 is 11.3 Å². The topological polar surface area (TPSA) is 46.0 Å². The van der Waals surface area contributed by atoms with Gasteiger partial charge in [-0.25, -0.2) is 9.37 Å². The lowest BCUT2D eigenvalue weighted by Gasteiger charge is -2.12. The Balaban J connectivity index is 2.16. The first-order valence-corrected chi connectivity index (χ1v) is 7.41. The molecule has 0 aliphatic heterocycles. The van der Waals surface area contributed by atoms with Crippen molar-refractivity contribution in [3.05, 3.63) is 59.6 Å². The predicted molar refractivity (Wildman–Crippen MR) is 81.5 cm³/mol. The number of pyridine rings is 1. The van der Waals surface area contributed by atoms with Gasteiger partial charge in [0.2, 0.25) is 0 Å². The molecule has 0 saturated heterocycles. The van der Waals surface area contributed by atoms with Crippen LogP contribution >= 0.6 is 11.3 Å². The zero-order valence-corrected chi connectivity index (χ0v) is 12.0. The Morgan fingerprint density at radius 3 is 2.52 bits per heavy atom. The standard InChI is InChI=1S/C16H13FN2OS/c17-12-3-1-11(2-4-12)14-9-18-10-15(13(14)5-7-20)16-19-6-8-21-16/h1-4,6,8-10,20H,5,7H2. The van der Waals surface area contributed by atoms with Gasteiger partial charge in [-0.3, -0.25) is 4.98 Å². The van der Waals surface area contributed by atoms with E-state index in [1.54, 1.807) is 30.7 Å². The summed E-state index contributed by atoms with van der Waals surface area (Å²) >= 11 is 1.53. The van der Waals surface area contributed by atoms with Crippen molar-refractivity contribution in [1.82, 2.24) is 9.97 Å². The van der Waals surface area contributed by atoms with Crippen molar-refractivity contribution in [2.75, 3.05) is 6.61 Å². The Morgan fingerprint density at radius 2 is 1.86 bits per heavy atom. The number of hydrogen-bond acceptors (Lipinski definition) is 4. The molecule has 0 aliphatic carbocycles. The number of thiazole rings is 1. The van der Waals surface area contributed by atoms with Gasteiger partial charge in [0.25, 0.3) is 0 Å². The lowest BCUT2D eigenvalue weighted by Crippen LogP contribution is -1.99. The van der Waals surface area contributed by atoms with Crippen molar-refractivity contribution in [3.63, 3.8) is 0 Å². The highest BCUT2D eigenvalue weighted by molar-refractivity contribution is 7.13. The molecular formula is C16H13FN2OS. The largest absolute Gasteiger partial charge is 0.396 e. The fourth-order valence-electron chi connectivity index (χ4n) is 2.29. The third kappa shape index (κ3) is 2.84. The zero-order chi connectivity index (χ0) is 14.7. The lowest BCUT2D eigenvalue weighted by molar-refractivity contribution is 0.300. The van der Waals surface area contributed by atoms with Crippen LogP contribution in [0, 0.1) is 5.82 Å². The number of benzene rings is 1. The molecule has 0 saturated carbocycles. The maximum atomic E-state index is 13.1. The second-order valence-electron chi connectivity index (χ2n) is 4.53. The Morgan fingerprint density at radius 1 is 1.10 bits per heavy atom. The second kappa shape index (κ2) is 6.11. The number of rotatable bonds is 4. The van der Waals surface area contributed by atoms with Crippen LogP contribution in [0.4, 0.5) is 4.39 Å². The highest BCUT2D eigenvalue weighted by Crippen LogP contribution is 2.32. The molecule has 5 heteroatoms. The Bertz CT molecular complexity index is 727. The molecule has 0 unspecified atom stereocenters. The van der Waals surface area contributed by atoms with Crippen LogP contribution in [0.25, 0.3) is 21.7 Å². The van der Waals surface area contributed by atoms with Gasteiger partial charge in [0.15, 0.2) is 0 Å². The Hall–Kier alpha value is -2.11. The van der Waals surface area contributed by atoms with Crippen LogP contribution in [0.3, 0.4) is 0 Å². The monoisotopic (exact) mass is 300 g/mol. The maximum Gasteiger partial charge on any atom is 0.125 e. The lowest BCUT2D eigenvalue weighted by atomic mass is 9.96. The summed E-state index contributed by atoms with van der Waals surface area (Å²) in [5.41, 5.74) is 3.68. The van der Waals surface area contributed by atoms with E-state index >= 15 is 0 Å². The molecule has 0 fully saturated rings. The van der Waals surface area contributed by atoms with Gasteiger partial charge in [0, 0.05) is 41.7 Å². The summed E-state index contributed by atoms with van der Waals surface area (Å²) in [5, 5.41) is 12.1. The zero-order valence-electron chi connectivity index (χ0n) is 11.2. The van der Waals surface area contributed by atoms with Crippen molar-refractivity contribution in [2.45, 2.75) is 6.42 Å². The van der Waals surface area contributed by atoms with Crippen LogP contribution in [-0.4, -0.2) is 21.7 Å². The molecule has 3 rings (SSSR count). The van der Waals surface area contributed by atoms with Crippen LogP contribution in [0.15, 0.2) is 48.2 Å². The molecule has 2 aromatic heterocycles. The van der Waals surface area contributed by atoms with E-state index < -0.39 is 0 Å². The fraction of sp³-hybridized carbons (Fsp3) is 0.125. The minimum absolute atomic E-state index is 0.0383. The Kier molecular flexibility index (Phi) is 4.03. The molecule has 0 atom stereocenters. The molecule has 3 nitrogen and oxygen atoms in total. The van der Waals surface area contributed by atoms with E-state index in [-0.39, 0.29) is 12.4 Å². The van der Waals surface area contributed by atoms with Crippen LogP contribution in [0.2, 0.25) is 0 Å². The third-order valence-corrected chi connectivity index (χ3v) is 4.04. The smallest absolute Gasteiger partial charge is 0.125 e. The number of aliphatic hydroxyl groups is 1.